The normalized spacial score (nSPS) is 11.7. The van der Waals surface area contributed by atoms with Gasteiger partial charge in [-0.3, -0.25) is 4.79 Å². The number of aromatic nitrogens is 1. The van der Waals surface area contributed by atoms with Crippen LogP contribution in [0, 0.1) is 11.3 Å². The molecule has 3 nitrogen and oxygen atoms in total. The average molecular weight is 288 g/mol. The number of Topliss-reactive ketones (excluding diaryl/α,β-unsaturated/α-hetero) is 1. The molecule has 0 amide bonds. The number of pyridine rings is 1. The van der Waals surface area contributed by atoms with Gasteiger partial charge in [-0.25, -0.2) is 0 Å². The molecule has 0 N–H and O–H groups in total. The largest absolute Gasteiger partial charge is 0.454 e. The molecule has 0 saturated carbocycles. The molecule has 6 heteroatoms. The van der Waals surface area contributed by atoms with E-state index in [1.807, 2.05) is 6.07 Å². The molecule has 2 aromatic heterocycles. The number of fused-ring (bicyclic) bond motifs is 3. The van der Waals surface area contributed by atoms with E-state index in [0.717, 1.165) is 11.5 Å². The van der Waals surface area contributed by atoms with Crippen molar-refractivity contribution in [3.8, 4) is 6.07 Å². The maximum atomic E-state index is 12.6. The van der Waals surface area contributed by atoms with Gasteiger partial charge >= 0.3 is 6.18 Å². The van der Waals surface area contributed by atoms with Crippen LogP contribution in [-0.2, 0) is 0 Å². The van der Waals surface area contributed by atoms with Gasteiger partial charge in [-0.2, -0.15) is 18.4 Å². The lowest BCUT2D eigenvalue weighted by molar-refractivity contribution is -0.0884. The van der Waals surface area contributed by atoms with Gasteiger partial charge in [0.25, 0.3) is 5.78 Å². The third kappa shape index (κ3) is 1.94. The minimum Gasteiger partial charge on any atom is -0.300 e. The number of benzene rings is 1. The SMILES string of the molecule is N#Cc1cc(C(=O)C(F)(F)F)c2ccc3ccccc3n12. The number of hydrogen-bond acceptors (Lipinski definition) is 2. The lowest BCUT2D eigenvalue weighted by atomic mass is 10.1. The molecule has 3 aromatic rings. The van der Waals surface area contributed by atoms with Gasteiger partial charge in [-0.1, -0.05) is 24.3 Å². The van der Waals surface area contributed by atoms with Gasteiger partial charge in [0.15, 0.2) is 0 Å². The second kappa shape index (κ2) is 4.35. The van der Waals surface area contributed by atoms with E-state index in [2.05, 4.69) is 0 Å². The summed E-state index contributed by atoms with van der Waals surface area (Å²) in [6.45, 7) is 0. The fourth-order valence-corrected chi connectivity index (χ4v) is 2.37. The summed E-state index contributed by atoms with van der Waals surface area (Å²) in [4.78, 5) is 11.5. The predicted octanol–water partition coefficient (Wildman–Crippen LogP) is 3.71. The van der Waals surface area contributed by atoms with Crippen LogP contribution >= 0.6 is 0 Å². The smallest absolute Gasteiger partial charge is 0.300 e. The van der Waals surface area contributed by atoms with Crippen LogP contribution in [0.2, 0.25) is 0 Å². The molecule has 0 saturated heterocycles. The molecule has 0 aliphatic heterocycles. The highest BCUT2D eigenvalue weighted by atomic mass is 19.4. The quantitative estimate of drug-likeness (QED) is 0.641. The number of alkyl halides is 3. The lowest BCUT2D eigenvalue weighted by Crippen LogP contribution is -2.22. The molecule has 104 valence electrons. The molecule has 0 atom stereocenters. The van der Waals surface area contributed by atoms with Crippen LogP contribution < -0.4 is 0 Å². The number of halogens is 3. The standard InChI is InChI=1S/C15H7F3N2O/c16-15(17,18)14(21)11-7-10(8-19)20-12-4-2-1-3-9(12)5-6-13(11)20/h1-7H. The van der Waals surface area contributed by atoms with E-state index in [-0.39, 0.29) is 11.2 Å². The van der Waals surface area contributed by atoms with Crippen molar-refractivity contribution in [3.05, 3.63) is 53.7 Å². The maximum Gasteiger partial charge on any atom is 0.454 e. The van der Waals surface area contributed by atoms with Crippen molar-refractivity contribution < 1.29 is 18.0 Å². The highest BCUT2D eigenvalue weighted by Crippen LogP contribution is 2.29. The van der Waals surface area contributed by atoms with Crippen molar-refractivity contribution in [2.45, 2.75) is 6.18 Å². The average Bonchev–Trinajstić information content (AvgIpc) is 2.84. The molecular weight excluding hydrogens is 281 g/mol. The first-order chi connectivity index (χ1) is 9.93. The van der Waals surface area contributed by atoms with Crippen LogP contribution in [0.5, 0.6) is 0 Å². The van der Waals surface area contributed by atoms with Gasteiger partial charge in [0, 0.05) is 0 Å². The zero-order valence-corrected chi connectivity index (χ0v) is 10.5. The van der Waals surface area contributed by atoms with Crippen molar-refractivity contribution in [2.24, 2.45) is 0 Å². The molecule has 21 heavy (non-hydrogen) atoms. The van der Waals surface area contributed by atoms with Crippen molar-refractivity contribution in [1.82, 2.24) is 4.40 Å². The first-order valence-corrected chi connectivity index (χ1v) is 5.98. The summed E-state index contributed by atoms with van der Waals surface area (Å²) in [6.07, 6.45) is -4.97. The summed E-state index contributed by atoms with van der Waals surface area (Å²) < 4.78 is 39.3. The number of carbonyl (C=O) groups is 1. The Morgan fingerprint density at radius 2 is 1.81 bits per heavy atom. The minimum atomic E-state index is -4.97. The Balaban J connectivity index is 2.43. The lowest BCUT2D eigenvalue weighted by Gasteiger charge is -2.06. The van der Waals surface area contributed by atoms with Gasteiger partial charge in [-0.05, 0) is 23.6 Å². The van der Waals surface area contributed by atoms with Crippen LogP contribution in [0.25, 0.3) is 16.4 Å². The Hall–Kier alpha value is -2.81. The van der Waals surface area contributed by atoms with Gasteiger partial charge in [0.1, 0.15) is 11.8 Å². The molecule has 0 spiro atoms. The highest BCUT2D eigenvalue weighted by Gasteiger charge is 2.41. The van der Waals surface area contributed by atoms with E-state index >= 15 is 0 Å². The van der Waals surface area contributed by atoms with E-state index < -0.39 is 17.5 Å². The second-order valence-electron chi connectivity index (χ2n) is 4.49. The van der Waals surface area contributed by atoms with Crippen LogP contribution in [0.3, 0.4) is 0 Å². The van der Waals surface area contributed by atoms with E-state index in [9.17, 15) is 18.0 Å². The van der Waals surface area contributed by atoms with Gasteiger partial charge in [-0.15, -0.1) is 0 Å². The first-order valence-electron chi connectivity index (χ1n) is 5.98. The highest BCUT2D eigenvalue weighted by molar-refractivity contribution is 6.07. The number of para-hydroxylation sites is 1. The number of ketones is 1. The summed E-state index contributed by atoms with van der Waals surface area (Å²) >= 11 is 0. The molecule has 1 aromatic carbocycles. The molecule has 0 unspecified atom stereocenters. The molecule has 0 fully saturated rings. The van der Waals surface area contributed by atoms with E-state index in [1.165, 1.54) is 10.5 Å². The molecule has 0 radical (unpaired) electrons. The number of carbonyl (C=O) groups excluding carboxylic acids is 1. The second-order valence-corrected chi connectivity index (χ2v) is 4.49. The van der Waals surface area contributed by atoms with Crippen LogP contribution in [-0.4, -0.2) is 16.4 Å². The third-order valence-electron chi connectivity index (χ3n) is 3.25. The summed E-state index contributed by atoms with van der Waals surface area (Å²) in [5.41, 5.74) is 0.138. The Morgan fingerprint density at radius 3 is 2.48 bits per heavy atom. The van der Waals surface area contributed by atoms with E-state index in [1.54, 1.807) is 30.3 Å². The summed E-state index contributed by atoms with van der Waals surface area (Å²) in [5, 5.41) is 9.90. The van der Waals surface area contributed by atoms with Gasteiger partial charge in [0.05, 0.1) is 16.6 Å². The van der Waals surface area contributed by atoms with Crippen molar-refractivity contribution in [2.75, 3.05) is 0 Å². The predicted molar refractivity (Wildman–Crippen MR) is 70.0 cm³/mol. The van der Waals surface area contributed by atoms with Crippen molar-refractivity contribution >= 4 is 22.2 Å². The monoisotopic (exact) mass is 288 g/mol. The maximum absolute atomic E-state index is 12.6. The fraction of sp³-hybridized carbons (Fsp3) is 0.0667. The fourth-order valence-electron chi connectivity index (χ4n) is 2.37. The Bertz CT molecular complexity index is 916. The Kier molecular flexibility index (Phi) is 2.73. The third-order valence-corrected chi connectivity index (χ3v) is 3.25. The van der Waals surface area contributed by atoms with Crippen molar-refractivity contribution in [1.29, 1.82) is 5.26 Å². The van der Waals surface area contributed by atoms with Crippen LogP contribution in [0.4, 0.5) is 13.2 Å². The first kappa shape index (κ1) is 13.2. The summed E-state index contributed by atoms with van der Waals surface area (Å²) in [5.74, 6) is -1.95. The number of nitriles is 1. The van der Waals surface area contributed by atoms with Gasteiger partial charge in [0.2, 0.25) is 0 Å². The van der Waals surface area contributed by atoms with Gasteiger partial charge < -0.3 is 4.40 Å². The molecule has 0 aliphatic rings. The van der Waals surface area contributed by atoms with E-state index in [0.29, 0.717) is 5.52 Å². The summed E-state index contributed by atoms with van der Waals surface area (Å²) in [7, 11) is 0. The number of nitrogens with zero attached hydrogens (tertiary/aromatic N) is 2. The minimum absolute atomic E-state index is 0.00519. The zero-order valence-electron chi connectivity index (χ0n) is 10.5. The number of rotatable bonds is 1. The molecule has 3 rings (SSSR count). The molecule has 0 bridgehead atoms. The Labute approximate surface area is 116 Å². The summed E-state index contributed by atoms with van der Waals surface area (Å²) in [6, 6.07) is 12.8. The Morgan fingerprint density at radius 1 is 1.10 bits per heavy atom. The molecule has 0 aliphatic carbocycles. The molecular formula is C15H7F3N2O. The number of hydrogen-bond donors (Lipinski definition) is 0. The van der Waals surface area contributed by atoms with E-state index in [4.69, 9.17) is 5.26 Å². The topological polar surface area (TPSA) is 45.3 Å². The molecule has 2 heterocycles. The zero-order chi connectivity index (χ0) is 15.2. The van der Waals surface area contributed by atoms with Crippen LogP contribution in [0.15, 0.2) is 42.5 Å². The van der Waals surface area contributed by atoms with Crippen molar-refractivity contribution in [3.63, 3.8) is 0 Å². The van der Waals surface area contributed by atoms with Crippen LogP contribution in [0.1, 0.15) is 16.1 Å².